The van der Waals surface area contributed by atoms with Crippen LogP contribution >= 0.6 is 0 Å². The molecule has 22 heavy (non-hydrogen) atoms. The quantitative estimate of drug-likeness (QED) is 0.830. The lowest BCUT2D eigenvalue weighted by molar-refractivity contribution is 0.101. The molecule has 116 valence electrons. The lowest BCUT2D eigenvalue weighted by atomic mass is 10.1. The van der Waals surface area contributed by atoms with Crippen molar-refractivity contribution < 1.29 is 24.1 Å². The van der Waals surface area contributed by atoms with Crippen LogP contribution in [0, 0.1) is 0 Å². The van der Waals surface area contributed by atoms with Crippen LogP contribution in [0.15, 0.2) is 36.4 Å². The number of carbonyl (C=O) groups excluding carboxylic acids is 1. The van der Waals surface area contributed by atoms with Gasteiger partial charge in [0.25, 0.3) is 0 Å². The molecule has 0 fully saturated rings. The molecule has 0 aliphatic carbocycles. The summed E-state index contributed by atoms with van der Waals surface area (Å²) in [5, 5.41) is 10.1. The molecule has 0 heterocycles. The van der Waals surface area contributed by atoms with Gasteiger partial charge in [0.15, 0.2) is 17.3 Å². The summed E-state index contributed by atoms with van der Waals surface area (Å²) < 4.78 is 16.1. The molecule has 0 atom stereocenters. The topological polar surface area (TPSA) is 65.0 Å². The molecule has 2 aromatic rings. The van der Waals surface area contributed by atoms with Crippen LogP contribution in [0.3, 0.4) is 0 Å². The summed E-state index contributed by atoms with van der Waals surface area (Å²) in [5.74, 6) is 0.132. The Labute approximate surface area is 129 Å². The zero-order valence-electron chi connectivity index (χ0n) is 12.8. The van der Waals surface area contributed by atoms with Crippen molar-refractivity contribution in [2.75, 3.05) is 14.2 Å². The minimum Gasteiger partial charge on any atom is -0.504 e. The van der Waals surface area contributed by atoms with Crippen LogP contribution in [-0.2, 0) is 6.61 Å². The van der Waals surface area contributed by atoms with E-state index in [1.165, 1.54) is 27.2 Å². The van der Waals surface area contributed by atoms with Crippen molar-refractivity contribution in [1.29, 1.82) is 0 Å². The van der Waals surface area contributed by atoms with Gasteiger partial charge in [-0.15, -0.1) is 0 Å². The Hall–Kier alpha value is -2.69. The van der Waals surface area contributed by atoms with E-state index in [9.17, 15) is 9.90 Å². The summed E-state index contributed by atoms with van der Waals surface area (Å²) >= 11 is 0. The third kappa shape index (κ3) is 3.14. The molecule has 5 nitrogen and oxygen atoms in total. The van der Waals surface area contributed by atoms with Crippen LogP contribution in [0.2, 0.25) is 0 Å². The Morgan fingerprint density at radius 3 is 2.27 bits per heavy atom. The molecule has 0 saturated carbocycles. The summed E-state index contributed by atoms with van der Waals surface area (Å²) in [6, 6.07) is 11.1. The predicted molar refractivity (Wildman–Crippen MR) is 82.0 cm³/mol. The van der Waals surface area contributed by atoms with E-state index < -0.39 is 0 Å². The maximum atomic E-state index is 11.6. The van der Waals surface area contributed by atoms with Gasteiger partial charge in [-0.1, -0.05) is 30.3 Å². The maximum Gasteiger partial charge on any atom is 0.207 e. The van der Waals surface area contributed by atoms with Gasteiger partial charge < -0.3 is 19.3 Å². The van der Waals surface area contributed by atoms with E-state index in [0.29, 0.717) is 12.4 Å². The molecule has 1 N–H and O–H groups in total. The van der Waals surface area contributed by atoms with E-state index in [4.69, 9.17) is 14.2 Å². The lowest BCUT2D eigenvalue weighted by Gasteiger charge is -2.16. The van der Waals surface area contributed by atoms with Gasteiger partial charge in [0, 0.05) is 0 Å². The molecule has 0 radical (unpaired) electrons. The van der Waals surface area contributed by atoms with Crippen LogP contribution in [0.5, 0.6) is 23.0 Å². The van der Waals surface area contributed by atoms with Crippen molar-refractivity contribution in [3.63, 3.8) is 0 Å². The van der Waals surface area contributed by atoms with Crippen LogP contribution in [0.4, 0.5) is 0 Å². The highest BCUT2D eigenvalue weighted by Crippen LogP contribution is 2.46. The molecule has 0 aliphatic rings. The van der Waals surface area contributed by atoms with Gasteiger partial charge in [-0.2, -0.15) is 0 Å². The molecule has 0 unspecified atom stereocenters. The molecule has 0 aromatic heterocycles. The van der Waals surface area contributed by atoms with E-state index in [0.717, 1.165) is 5.56 Å². The van der Waals surface area contributed by atoms with Crippen molar-refractivity contribution in [1.82, 2.24) is 0 Å². The number of ketones is 1. The monoisotopic (exact) mass is 302 g/mol. The molecule has 0 bridgehead atoms. The smallest absolute Gasteiger partial charge is 0.207 e. The number of methoxy groups -OCH3 is 2. The molecular formula is C17H18O5. The summed E-state index contributed by atoms with van der Waals surface area (Å²) in [5.41, 5.74) is 1.10. The van der Waals surface area contributed by atoms with Crippen LogP contribution in [0.1, 0.15) is 22.8 Å². The number of Topliss-reactive ketones (excluding diaryl/α,β-unsaturated/α-hetero) is 1. The predicted octanol–water partition coefficient (Wildman–Crippen LogP) is 3.19. The molecule has 0 saturated heterocycles. The minimum atomic E-state index is -0.289. The first-order chi connectivity index (χ1) is 10.6. The van der Waals surface area contributed by atoms with Gasteiger partial charge in [-0.3, -0.25) is 4.79 Å². The first-order valence-corrected chi connectivity index (χ1v) is 6.74. The van der Waals surface area contributed by atoms with Crippen LogP contribution in [-0.4, -0.2) is 25.1 Å². The number of ether oxygens (including phenoxy) is 3. The second kappa shape index (κ2) is 6.85. The normalized spacial score (nSPS) is 10.1. The number of phenolic OH excluding ortho intramolecular Hbond substituents is 1. The second-order valence-electron chi connectivity index (χ2n) is 4.67. The zero-order chi connectivity index (χ0) is 16.1. The minimum absolute atomic E-state index is 0.0817. The zero-order valence-corrected chi connectivity index (χ0v) is 12.8. The van der Waals surface area contributed by atoms with Crippen LogP contribution < -0.4 is 14.2 Å². The number of hydrogen-bond donors (Lipinski definition) is 1. The Kier molecular flexibility index (Phi) is 4.88. The third-order valence-corrected chi connectivity index (χ3v) is 3.20. The summed E-state index contributed by atoms with van der Waals surface area (Å²) in [6.07, 6.45) is 0. The highest BCUT2D eigenvalue weighted by Gasteiger charge is 2.22. The highest BCUT2D eigenvalue weighted by atomic mass is 16.5. The molecule has 0 aliphatic heterocycles. The van der Waals surface area contributed by atoms with E-state index in [1.54, 1.807) is 0 Å². The van der Waals surface area contributed by atoms with Gasteiger partial charge in [0.2, 0.25) is 11.5 Å². The summed E-state index contributed by atoms with van der Waals surface area (Å²) in [4.78, 5) is 11.6. The number of benzene rings is 2. The number of aromatic hydroxyl groups is 1. The SMILES string of the molecule is COc1c(OCc2ccccc2)cc(C(C)=O)c(O)c1OC. The third-order valence-electron chi connectivity index (χ3n) is 3.20. The number of carbonyl (C=O) groups is 1. The highest BCUT2D eigenvalue weighted by molar-refractivity contribution is 5.98. The molecule has 0 amide bonds. The van der Waals surface area contributed by atoms with Gasteiger partial charge in [0.1, 0.15) is 6.61 Å². The van der Waals surface area contributed by atoms with Crippen molar-refractivity contribution >= 4 is 5.78 Å². The molecular weight excluding hydrogens is 284 g/mol. The van der Waals surface area contributed by atoms with Crippen LogP contribution in [0.25, 0.3) is 0 Å². The van der Waals surface area contributed by atoms with Gasteiger partial charge in [-0.05, 0) is 18.6 Å². The van der Waals surface area contributed by atoms with Crippen molar-refractivity contribution in [2.45, 2.75) is 13.5 Å². The fourth-order valence-electron chi connectivity index (χ4n) is 2.10. The van der Waals surface area contributed by atoms with Gasteiger partial charge >= 0.3 is 0 Å². The molecule has 0 spiro atoms. The average molecular weight is 302 g/mol. The molecule has 2 rings (SSSR count). The van der Waals surface area contributed by atoms with Crippen molar-refractivity contribution in [2.24, 2.45) is 0 Å². The van der Waals surface area contributed by atoms with Gasteiger partial charge in [0.05, 0.1) is 19.8 Å². The Balaban J connectivity index is 2.40. The van der Waals surface area contributed by atoms with Crippen molar-refractivity contribution in [3.8, 4) is 23.0 Å². The van der Waals surface area contributed by atoms with E-state index in [1.807, 2.05) is 30.3 Å². The van der Waals surface area contributed by atoms with Crippen molar-refractivity contribution in [3.05, 3.63) is 47.5 Å². The first-order valence-electron chi connectivity index (χ1n) is 6.74. The molecule has 5 heteroatoms. The Bertz CT molecular complexity index is 664. The first kappa shape index (κ1) is 15.7. The largest absolute Gasteiger partial charge is 0.504 e. The maximum absolute atomic E-state index is 11.6. The standard InChI is InChI=1S/C17H18O5/c1-11(18)13-9-14(16(20-2)17(21-3)15(13)19)22-10-12-7-5-4-6-8-12/h4-9,19H,10H2,1-3H3. The van der Waals surface area contributed by atoms with E-state index >= 15 is 0 Å². The van der Waals surface area contributed by atoms with E-state index in [-0.39, 0.29) is 28.6 Å². The van der Waals surface area contributed by atoms with Gasteiger partial charge in [-0.25, -0.2) is 0 Å². The second-order valence-corrected chi connectivity index (χ2v) is 4.67. The average Bonchev–Trinajstić information content (AvgIpc) is 2.53. The number of hydrogen-bond acceptors (Lipinski definition) is 5. The molecule has 2 aromatic carbocycles. The van der Waals surface area contributed by atoms with E-state index in [2.05, 4.69) is 0 Å². The lowest BCUT2D eigenvalue weighted by Crippen LogP contribution is -2.03. The fraction of sp³-hybridized carbons (Fsp3) is 0.235. The summed E-state index contributed by atoms with van der Waals surface area (Å²) in [7, 11) is 2.84. The number of rotatable bonds is 6. The Morgan fingerprint density at radius 2 is 1.73 bits per heavy atom. The number of phenols is 1. The summed E-state index contributed by atoms with van der Waals surface area (Å²) in [6.45, 7) is 1.67. The fourth-order valence-corrected chi connectivity index (χ4v) is 2.10. The Morgan fingerprint density at radius 1 is 1.09 bits per heavy atom.